The summed E-state index contributed by atoms with van der Waals surface area (Å²) in [5, 5.41) is 5.63. The minimum atomic E-state index is -1.01. The third-order valence-electron chi connectivity index (χ3n) is 5.92. The number of amides is 3. The van der Waals surface area contributed by atoms with Crippen LogP contribution in [0.4, 0.5) is 4.79 Å². The van der Waals surface area contributed by atoms with Crippen molar-refractivity contribution in [3.05, 3.63) is 35.4 Å². The molecule has 0 bridgehead atoms. The number of terminal acetylenes is 1. The van der Waals surface area contributed by atoms with Crippen molar-refractivity contribution in [1.82, 2.24) is 15.5 Å². The van der Waals surface area contributed by atoms with Crippen LogP contribution in [-0.2, 0) is 14.3 Å². The summed E-state index contributed by atoms with van der Waals surface area (Å²) < 4.78 is 5.36. The molecule has 0 saturated carbocycles. The van der Waals surface area contributed by atoms with Gasteiger partial charge in [-0.2, -0.15) is 12.6 Å². The summed E-state index contributed by atoms with van der Waals surface area (Å²) in [7, 11) is 0. The van der Waals surface area contributed by atoms with Crippen LogP contribution in [0.5, 0.6) is 0 Å². The first-order valence-corrected chi connectivity index (χ1v) is 13.2. The molecule has 36 heavy (non-hydrogen) atoms. The molecule has 0 radical (unpaired) electrons. The Morgan fingerprint density at radius 3 is 2.28 bits per heavy atom. The van der Waals surface area contributed by atoms with Gasteiger partial charge in [0.05, 0.1) is 0 Å². The largest absolute Gasteiger partial charge is 0.444 e. The van der Waals surface area contributed by atoms with Crippen LogP contribution in [-0.4, -0.2) is 52.3 Å². The van der Waals surface area contributed by atoms with Crippen LogP contribution in [0.2, 0.25) is 0 Å². The standard InChI is InChI=1S/C28H43N3O4S/c1-9-12-15-18-29-24(32)23(21-17-14-13-16-20(21)10-2)31(28(7,8)11-3)25(33)22(19-36)30-26(34)35-27(4,5)6/h2,13-14,16-17,22-23,36H,9,11-12,15,18-19H2,1,3-8H3,(H,29,32)(H,30,34). The van der Waals surface area contributed by atoms with Gasteiger partial charge in [0.1, 0.15) is 17.7 Å². The maximum atomic E-state index is 14.1. The first-order chi connectivity index (χ1) is 16.8. The number of rotatable bonds is 12. The number of nitrogens with one attached hydrogen (secondary N) is 2. The number of carbonyl (C=O) groups is 3. The summed E-state index contributed by atoms with van der Waals surface area (Å²) in [6, 6.07) is 5.11. The number of thiol groups is 1. The van der Waals surface area contributed by atoms with Gasteiger partial charge < -0.3 is 20.3 Å². The van der Waals surface area contributed by atoms with Gasteiger partial charge in [-0.1, -0.05) is 50.8 Å². The number of unbranched alkanes of at least 4 members (excludes halogenated alkanes) is 2. The fourth-order valence-corrected chi connectivity index (χ4v) is 3.94. The molecule has 7 nitrogen and oxygen atoms in total. The molecule has 0 aliphatic carbocycles. The van der Waals surface area contributed by atoms with Gasteiger partial charge >= 0.3 is 6.09 Å². The van der Waals surface area contributed by atoms with Crippen molar-refractivity contribution >= 4 is 30.5 Å². The number of hydrogen-bond donors (Lipinski definition) is 3. The van der Waals surface area contributed by atoms with Crippen molar-refractivity contribution in [2.45, 2.75) is 97.4 Å². The van der Waals surface area contributed by atoms with Crippen LogP contribution < -0.4 is 10.6 Å². The summed E-state index contributed by atoms with van der Waals surface area (Å²) in [6.45, 7) is 13.5. The summed E-state index contributed by atoms with van der Waals surface area (Å²) in [4.78, 5) is 41.8. The van der Waals surface area contributed by atoms with E-state index >= 15 is 0 Å². The summed E-state index contributed by atoms with van der Waals surface area (Å²) in [5.41, 5.74) is -0.402. The molecule has 1 aromatic rings. The molecule has 200 valence electrons. The van der Waals surface area contributed by atoms with E-state index in [9.17, 15) is 14.4 Å². The lowest BCUT2D eigenvalue weighted by Crippen LogP contribution is -2.60. The van der Waals surface area contributed by atoms with Crippen LogP contribution in [0, 0.1) is 12.3 Å². The van der Waals surface area contributed by atoms with Crippen LogP contribution in [0.1, 0.15) is 91.3 Å². The second-order valence-electron chi connectivity index (χ2n) is 10.4. The van der Waals surface area contributed by atoms with E-state index in [1.54, 1.807) is 45.0 Å². The molecule has 2 N–H and O–H groups in total. The second kappa shape index (κ2) is 14.2. The first kappa shape index (κ1) is 31.4. The van der Waals surface area contributed by atoms with E-state index in [0.29, 0.717) is 24.1 Å². The van der Waals surface area contributed by atoms with Crippen molar-refractivity contribution < 1.29 is 19.1 Å². The lowest BCUT2D eigenvalue weighted by molar-refractivity contribution is -0.148. The molecule has 1 aromatic carbocycles. The molecular weight excluding hydrogens is 474 g/mol. The Morgan fingerprint density at radius 2 is 1.75 bits per heavy atom. The third-order valence-corrected chi connectivity index (χ3v) is 6.29. The zero-order valence-electron chi connectivity index (χ0n) is 22.8. The predicted molar refractivity (Wildman–Crippen MR) is 148 cm³/mol. The van der Waals surface area contributed by atoms with Gasteiger partial charge in [0, 0.05) is 23.4 Å². The average Bonchev–Trinajstić information content (AvgIpc) is 2.81. The van der Waals surface area contributed by atoms with Crippen molar-refractivity contribution in [3.8, 4) is 12.3 Å². The van der Waals surface area contributed by atoms with Crippen LogP contribution in [0.3, 0.4) is 0 Å². The highest BCUT2D eigenvalue weighted by atomic mass is 32.1. The number of hydrogen-bond acceptors (Lipinski definition) is 5. The molecule has 0 aliphatic rings. The molecule has 0 saturated heterocycles. The highest BCUT2D eigenvalue weighted by Crippen LogP contribution is 2.33. The van der Waals surface area contributed by atoms with Crippen LogP contribution in [0.25, 0.3) is 0 Å². The Labute approximate surface area is 222 Å². The summed E-state index contributed by atoms with van der Waals surface area (Å²) in [5.74, 6) is 1.91. The molecule has 8 heteroatoms. The number of ether oxygens (including phenoxy) is 1. The molecular formula is C28H43N3O4S. The normalized spacial score (nSPS) is 13.2. The molecule has 2 unspecified atom stereocenters. The van der Waals surface area contributed by atoms with Gasteiger partial charge in [-0.3, -0.25) is 9.59 Å². The van der Waals surface area contributed by atoms with E-state index in [1.807, 2.05) is 20.8 Å². The maximum absolute atomic E-state index is 14.1. The van der Waals surface area contributed by atoms with Gasteiger partial charge in [0.25, 0.3) is 0 Å². The minimum absolute atomic E-state index is 0.0238. The highest BCUT2D eigenvalue weighted by molar-refractivity contribution is 7.80. The van der Waals surface area contributed by atoms with Gasteiger partial charge in [0.2, 0.25) is 11.8 Å². The number of alkyl carbamates (subject to hydrolysis) is 1. The number of benzene rings is 1. The number of nitrogens with zero attached hydrogens (tertiary/aromatic N) is 1. The van der Waals surface area contributed by atoms with Crippen LogP contribution >= 0.6 is 12.6 Å². The zero-order valence-corrected chi connectivity index (χ0v) is 23.7. The monoisotopic (exact) mass is 517 g/mol. The molecule has 3 amide bonds. The third kappa shape index (κ3) is 9.09. The molecule has 0 aliphatic heterocycles. The van der Waals surface area contributed by atoms with Crippen molar-refractivity contribution in [3.63, 3.8) is 0 Å². The highest BCUT2D eigenvalue weighted by Gasteiger charge is 2.43. The van der Waals surface area contributed by atoms with Crippen molar-refractivity contribution in [1.29, 1.82) is 0 Å². The first-order valence-electron chi connectivity index (χ1n) is 12.6. The topological polar surface area (TPSA) is 87.7 Å². The number of carbonyl (C=O) groups excluding carboxylic acids is 3. The van der Waals surface area contributed by atoms with E-state index in [1.165, 1.54) is 4.90 Å². The fourth-order valence-electron chi connectivity index (χ4n) is 3.70. The predicted octanol–water partition coefficient (Wildman–Crippen LogP) is 4.86. The van der Waals surface area contributed by atoms with E-state index in [-0.39, 0.29) is 11.7 Å². The zero-order chi connectivity index (χ0) is 27.5. The smallest absolute Gasteiger partial charge is 0.408 e. The molecule has 2 atom stereocenters. The van der Waals surface area contributed by atoms with Gasteiger partial charge in [-0.25, -0.2) is 4.79 Å². The van der Waals surface area contributed by atoms with Gasteiger partial charge in [-0.05, 0) is 59.1 Å². The van der Waals surface area contributed by atoms with Crippen molar-refractivity contribution in [2.24, 2.45) is 0 Å². The van der Waals surface area contributed by atoms with E-state index in [4.69, 9.17) is 11.2 Å². The fraction of sp³-hybridized carbons (Fsp3) is 0.607. The Balaban J connectivity index is 3.56. The lowest BCUT2D eigenvalue weighted by atomic mass is 9.90. The molecule has 0 aromatic heterocycles. The Bertz CT molecular complexity index is 933. The lowest BCUT2D eigenvalue weighted by Gasteiger charge is -2.44. The maximum Gasteiger partial charge on any atom is 0.408 e. The molecule has 0 fully saturated rings. The second-order valence-corrected chi connectivity index (χ2v) is 10.8. The summed E-state index contributed by atoms with van der Waals surface area (Å²) in [6.07, 6.45) is 8.45. The van der Waals surface area contributed by atoms with Gasteiger partial charge in [-0.15, -0.1) is 6.42 Å². The van der Waals surface area contributed by atoms with E-state index in [2.05, 4.69) is 36.1 Å². The van der Waals surface area contributed by atoms with Gasteiger partial charge in [0.15, 0.2) is 0 Å². The molecule has 0 heterocycles. The minimum Gasteiger partial charge on any atom is -0.444 e. The Kier molecular flexibility index (Phi) is 12.4. The Hall–Kier alpha value is -2.66. The molecule has 1 rings (SSSR count). The average molecular weight is 518 g/mol. The van der Waals surface area contributed by atoms with Crippen LogP contribution in [0.15, 0.2) is 24.3 Å². The van der Waals surface area contributed by atoms with E-state index < -0.39 is 35.2 Å². The van der Waals surface area contributed by atoms with Crippen molar-refractivity contribution in [2.75, 3.05) is 12.3 Å². The summed E-state index contributed by atoms with van der Waals surface area (Å²) >= 11 is 4.34. The quantitative estimate of drug-likeness (QED) is 0.210. The SMILES string of the molecule is C#Cc1ccccc1C(C(=O)NCCCCC)N(C(=O)C(CS)NC(=O)OC(C)(C)C)C(C)(C)CC. The Morgan fingerprint density at radius 1 is 1.11 bits per heavy atom. The van der Waals surface area contributed by atoms with E-state index in [0.717, 1.165) is 19.3 Å². The molecule has 0 spiro atoms.